The Balaban J connectivity index is 1.80. The lowest BCUT2D eigenvalue weighted by molar-refractivity contribution is -0.118. The third-order valence-corrected chi connectivity index (χ3v) is 4.82. The zero-order chi connectivity index (χ0) is 17.2. The molecule has 124 valence electrons. The van der Waals surface area contributed by atoms with E-state index in [4.69, 9.17) is 16.6 Å². The third-order valence-electron chi connectivity index (χ3n) is 3.91. The number of carbonyl (C=O) groups is 1. The van der Waals surface area contributed by atoms with E-state index in [2.05, 4.69) is 14.7 Å². The quantitative estimate of drug-likeness (QED) is 0.767. The number of nitrogens with one attached hydrogen (secondary N) is 1. The lowest BCUT2D eigenvalue weighted by Gasteiger charge is -2.12. The van der Waals surface area contributed by atoms with E-state index in [0.29, 0.717) is 11.6 Å². The van der Waals surface area contributed by atoms with Gasteiger partial charge in [0, 0.05) is 29.1 Å². The Kier molecular flexibility index (Phi) is 4.29. The molecule has 1 aromatic heterocycles. The second-order valence-electron chi connectivity index (χ2n) is 5.56. The maximum absolute atomic E-state index is 12.7. The zero-order valence-corrected chi connectivity index (χ0v) is 14.6. The summed E-state index contributed by atoms with van der Waals surface area (Å²) in [6.45, 7) is 0. The molecule has 0 bridgehead atoms. The first-order valence-corrected chi connectivity index (χ1v) is 8.86. The topological polar surface area (TPSA) is 67.2 Å². The molecule has 0 fully saturated rings. The number of fused-ring (bicyclic) bond motifs is 1. The van der Waals surface area contributed by atoms with Gasteiger partial charge in [-0.05, 0) is 17.2 Å². The van der Waals surface area contributed by atoms with Crippen LogP contribution in [-0.2, 0) is 11.2 Å². The molecule has 3 aromatic rings. The monoisotopic (exact) mass is 368 g/mol. The Bertz CT molecular complexity index is 954. The van der Waals surface area contributed by atoms with E-state index in [1.54, 1.807) is 0 Å². The van der Waals surface area contributed by atoms with Crippen LogP contribution in [0.1, 0.15) is 16.7 Å². The number of Topliss-reactive ketones (excluding diaryl/α,β-unsaturated/α-hetero) is 1. The Labute approximate surface area is 153 Å². The molecule has 1 N–H and O–H groups in total. The smallest absolute Gasteiger partial charge is 0.236 e. The number of anilines is 1. The van der Waals surface area contributed by atoms with Crippen LogP contribution in [0.2, 0.25) is 5.28 Å². The summed E-state index contributed by atoms with van der Waals surface area (Å²) in [5, 5.41) is 3.68. The molecular weight excluding hydrogens is 356 g/mol. The van der Waals surface area contributed by atoms with Crippen LogP contribution in [0.25, 0.3) is 0 Å². The van der Waals surface area contributed by atoms with Crippen molar-refractivity contribution in [3.05, 3.63) is 76.6 Å². The van der Waals surface area contributed by atoms with Crippen molar-refractivity contribution in [3.63, 3.8) is 0 Å². The highest BCUT2D eigenvalue weighted by Crippen LogP contribution is 2.23. The van der Waals surface area contributed by atoms with E-state index in [1.165, 1.54) is 0 Å². The average Bonchev–Trinajstić information content (AvgIpc) is 2.98. The molecule has 1 unspecified atom stereocenters. The van der Waals surface area contributed by atoms with Crippen LogP contribution >= 0.6 is 23.1 Å². The Morgan fingerprint density at radius 2 is 1.84 bits per heavy atom. The summed E-state index contributed by atoms with van der Waals surface area (Å²) >= 11 is 6.88. The summed E-state index contributed by atoms with van der Waals surface area (Å²) in [7, 11) is 0. The Morgan fingerprint density at radius 3 is 2.60 bits per heavy atom. The van der Waals surface area contributed by atoms with Crippen molar-refractivity contribution in [1.29, 1.82) is 0 Å². The van der Waals surface area contributed by atoms with Crippen molar-refractivity contribution < 1.29 is 4.79 Å². The van der Waals surface area contributed by atoms with E-state index < -0.39 is 6.17 Å². The van der Waals surface area contributed by atoms with Crippen LogP contribution in [0.5, 0.6) is 0 Å². The first-order chi connectivity index (χ1) is 12.2. The van der Waals surface area contributed by atoms with Gasteiger partial charge in [0.2, 0.25) is 10.4 Å². The molecule has 1 aliphatic rings. The van der Waals surface area contributed by atoms with E-state index in [-0.39, 0.29) is 11.1 Å². The molecule has 2 heterocycles. The predicted octanol–water partition coefficient (Wildman–Crippen LogP) is 3.59. The minimum atomic E-state index is -0.730. The van der Waals surface area contributed by atoms with Gasteiger partial charge in [-0.2, -0.15) is 9.36 Å². The molecule has 5 nitrogen and oxygen atoms in total. The maximum atomic E-state index is 12.7. The maximum Gasteiger partial charge on any atom is 0.236 e. The lowest BCUT2D eigenvalue weighted by Crippen LogP contribution is -2.28. The Hall–Kier alpha value is -2.57. The van der Waals surface area contributed by atoms with Gasteiger partial charge in [-0.3, -0.25) is 9.79 Å². The molecular formula is C18H13ClN4OS. The van der Waals surface area contributed by atoms with E-state index in [0.717, 1.165) is 33.9 Å². The second-order valence-corrected chi connectivity index (χ2v) is 6.65. The fraction of sp³-hybridized carbons (Fsp3) is 0.111. The second kappa shape index (κ2) is 6.74. The fourth-order valence-electron chi connectivity index (χ4n) is 2.78. The number of halogens is 1. The fourth-order valence-corrected chi connectivity index (χ4v) is 3.51. The van der Waals surface area contributed by atoms with Gasteiger partial charge in [0.1, 0.15) is 0 Å². The van der Waals surface area contributed by atoms with Crippen molar-refractivity contribution in [2.24, 2.45) is 4.99 Å². The summed E-state index contributed by atoms with van der Waals surface area (Å²) in [4.78, 5) is 21.5. The molecule has 0 saturated carbocycles. The van der Waals surface area contributed by atoms with Crippen molar-refractivity contribution in [1.82, 2.24) is 9.36 Å². The normalized spacial score (nSPS) is 16.8. The molecule has 4 rings (SSSR count). The molecule has 0 spiro atoms. The third kappa shape index (κ3) is 3.31. The molecule has 0 saturated heterocycles. The summed E-state index contributed by atoms with van der Waals surface area (Å²) in [6, 6.07) is 17.7. The van der Waals surface area contributed by atoms with Crippen LogP contribution in [0.15, 0.2) is 59.6 Å². The molecule has 2 aromatic carbocycles. The van der Waals surface area contributed by atoms with E-state index >= 15 is 0 Å². The number of aromatic nitrogens is 2. The van der Waals surface area contributed by atoms with Gasteiger partial charge in [-0.1, -0.05) is 54.6 Å². The SMILES string of the molecule is O=C1Cc2ccccc2C(c2ccccc2)=NC1Nc1nc(Cl)ns1. The van der Waals surface area contributed by atoms with Crippen LogP contribution < -0.4 is 5.32 Å². The summed E-state index contributed by atoms with van der Waals surface area (Å²) in [5.41, 5.74) is 3.69. The molecule has 0 amide bonds. The standard InChI is InChI=1S/C18H13ClN4OS/c19-17-22-18(25-23-17)21-16-14(24)10-12-8-4-5-9-13(12)15(20-16)11-6-2-1-3-7-11/h1-9,16H,10H2,(H,21,22,23). The molecule has 1 atom stereocenters. The largest absolute Gasteiger partial charge is 0.332 e. The number of hydrogen-bond donors (Lipinski definition) is 1. The van der Waals surface area contributed by atoms with Gasteiger partial charge in [0.25, 0.3) is 0 Å². The predicted molar refractivity (Wildman–Crippen MR) is 99.6 cm³/mol. The van der Waals surface area contributed by atoms with Crippen molar-refractivity contribution in [2.75, 3.05) is 5.32 Å². The molecule has 1 aliphatic heterocycles. The van der Waals surface area contributed by atoms with Gasteiger partial charge in [-0.15, -0.1) is 0 Å². The number of nitrogens with zero attached hydrogens (tertiary/aromatic N) is 3. The molecule has 0 radical (unpaired) electrons. The van der Waals surface area contributed by atoms with Crippen molar-refractivity contribution in [2.45, 2.75) is 12.6 Å². The van der Waals surface area contributed by atoms with Crippen LogP contribution in [-0.4, -0.2) is 27.0 Å². The van der Waals surface area contributed by atoms with Crippen molar-refractivity contribution in [3.8, 4) is 0 Å². The van der Waals surface area contributed by atoms with E-state index in [9.17, 15) is 4.79 Å². The Morgan fingerprint density at radius 1 is 1.08 bits per heavy atom. The minimum absolute atomic E-state index is 0.0234. The first-order valence-electron chi connectivity index (χ1n) is 7.70. The number of aliphatic imine (C=N–C) groups is 1. The zero-order valence-electron chi connectivity index (χ0n) is 13.0. The lowest BCUT2D eigenvalue weighted by atomic mass is 9.96. The van der Waals surface area contributed by atoms with Gasteiger partial charge < -0.3 is 5.32 Å². The van der Waals surface area contributed by atoms with Gasteiger partial charge in [0.15, 0.2) is 11.9 Å². The summed E-state index contributed by atoms with van der Waals surface area (Å²) in [5.74, 6) is -0.0234. The number of rotatable bonds is 3. The first kappa shape index (κ1) is 15.9. The molecule has 0 aliphatic carbocycles. The number of ketones is 1. The number of carbonyl (C=O) groups excluding carboxylic acids is 1. The number of hydrogen-bond acceptors (Lipinski definition) is 6. The van der Waals surface area contributed by atoms with Gasteiger partial charge in [0.05, 0.1) is 5.71 Å². The van der Waals surface area contributed by atoms with Gasteiger partial charge in [-0.25, -0.2) is 0 Å². The van der Waals surface area contributed by atoms with Crippen LogP contribution in [0, 0.1) is 0 Å². The highest BCUT2D eigenvalue weighted by molar-refractivity contribution is 7.09. The van der Waals surface area contributed by atoms with Crippen molar-refractivity contribution >= 4 is 39.8 Å². The van der Waals surface area contributed by atoms with Crippen LogP contribution in [0.3, 0.4) is 0 Å². The summed E-state index contributed by atoms with van der Waals surface area (Å²) in [6.07, 6.45) is -0.424. The van der Waals surface area contributed by atoms with E-state index in [1.807, 2.05) is 54.6 Å². The molecule has 25 heavy (non-hydrogen) atoms. The van der Waals surface area contributed by atoms with Crippen LogP contribution in [0.4, 0.5) is 5.13 Å². The highest BCUT2D eigenvalue weighted by Gasteiger charge is 2.26. The highest BCUT2D eigenvalue weighted by atomic mass is 35.5. The minimum Gasteiger partial charge on any atom is -0.332 e. The molecule has 7 heteroatoms. The average molecular weight is 369 g/mol. The van der Waals surface area contributed by atoms with Gasteiger partial charge >= 0.3 is 0 Å². The summed E-state index contributed by atoms with van der Waals surface area (Å²) < 4.78 is 3.92. The number of benzene rings is 2.